The van der Waals surface area contributed by atoms with Crippen LogP contribution in [0.5, 0.6) is 5.88 Å². The van der Waals surface area contributed by atoms with Crippen LogP contribution < -0.4 is 10.1 Å². The first-order chi connectivity index (χ1) is 7.79. The lowest BCUT2D eigenvalue weighted by Crippen LogP contribution is -2.42. The monoisotopic (exact) mass is 223 g/mol. The molecule has 1 aromatic rings. The molecule has 1 fully saturated rings. The van der Waals surface area contributed by atoms with Crippen LogP contribution in [-0.4, -0.2) is 36.1 Å². The summed E-state index contributed by atoms with van der Waals surface area (Å²) in [6.07, 6.45) is 0. The minimum Gasteiger partial charge on any atom is -0.477 e. The van der Waals surface area contributed by atoms with E-state index in [2.05, 4.69) is 22.4 Å². The highest BCUT2D eigenvalue weighted by atomic mass is 16.5. The Morgan fingerprint density at radius 2 is 2.31 bits per heavy atom. The van der Waals surface area contributed by atoms with Crippen LogP contribution in [0, 0.1) is 0 Å². The minimum atomic E-state index is 0.131. The zero-order chi connectivity index (χ0) is 11.4. The lowest BCUT2D eigenvalue weighted by Gasteiger charge is -2.28. The van der Waals surface area contributed by atoms with E-state index in [-0.39, 0.29) is 6.04 Å². The Labute approximate surface area is 95.2 Å². The van der Waals surface area contributed by atoms with Crippen molar-refractivity contribution in [2.24, 2.45) is 0 Å². The Hall–Kier alpha value is -1.20. The summed E-state index contributed by atoms with van der Waals surface area (Å²) in [5.41, 5.74) is 0.898. The Balaban J connectivity index is 2.03. The van der Waals surface area contributed by atoms with Crippen LogP contribution in [0.15, 0.2) is 12.1 Å². The molecule has 0 amide bonds. The van der Waals surface area contributed by atoms with Crippen molar-refractivity contribution in [3.8, 4) is 5.88 Å². The number of nitrogens with one attached hydrogen (secondary N) is 1. The van der Waals surface area contributed by atoms with Crippen LogP contribution in [0.25, 0.3) is 0 Å². The van der Waals surface area contributed by atoms with Gasteiger partial charge in [-0.25, -0.2) is 0 Å². The SMILES string of the molecule is CCOc1ccc([C@@H]2COC[C@H](C)N2)nn1. The topological polar surface area (TPSA) is 56.3 Å². The maximum Gasteiger partial charge on any atom is 0.233 e. The van der Waals surface area contributed by atoms with E-state index in [1.165, 1.54) is 0 Å². The highest BCUT2D eigenvalue weighted by Crippen LogP contribution is 2.16. The predicted octanol–water partition coefficient (Wildman–Crippen LogP) is 0.925. The molecule has 16 heavy (non-hydrogen) atoms. The number of ether oxygens (including phenoxy) is 2. The summed E-state index contributed by atoms with van der Waals surface area (Å²) in [5, 5.41) is 11.6. The van der Waals surface area contributed by atoms with Gasteiger partial charge >= 0.3 is 0 Å². The van der Waals surface area contributed by atoms with E-state index in [1.807, 2.05) is 19.1 Å². The Kier molecular flexibility index (Phi) is 3.69. The summed E-state index contributed by atoms with van der Waals surface area (Å²) >= 11 is 0. The van der Waals surface area contributed by atoms with E-state index in [1.54, 1.807) is 0 Å². The highest BCUT2D eigenvalue weighted by Gasteiger charge is 2.21. The second-order valence-electron chi connectivity index (χ2n) is 3.89. The molecule has 5 nitrogen and oxygen atoms in total. The molecule has 1 saturated heterocycles. The van der Waals surface area contributed by atoms with Gasteiger partial charge in [-0.1, -0.05) is 0 Å². The molecule has 1 aliphatic rings. The average Bonchev–Trinajstić information content (AvgIpc) is 2.30. The van der Waals surface area contributed by atoms with Gasteiger partial charge in [-0.3, -0.25) is 0 Å². The van der Waals surface area contributed by atoms with Crippen molar-refractivity contribution >= 4 is 0 Å². The molecule has 0 spiro atoms. The van der Waals surface area contributed by atoms with Crippen molar-refractivity contribution in [3.05, 3.63) is 17.8 Å². The minimum absolute atomic E-state index is 0.131. The first-order valence-corrected chi connectivity index (χ1v) is 5.60. The van der Waals surface area contributed by atoms with Crippen molar-refractivity contribution in [2.45, 2.75) is 25.9 Å². The predicted molar refractivity (Wildman–Crippen MR) is 59.4 cm³/mol. The smallest absolute Gasteiger partial charge is 0.233 e. The molecule has 0 aliphatic carbocycles. The molecule has 1 N–H and O–H groups in total. The van der Waals surface area contributed by atoms with Crippen molar-refractivity contribution in [3.63, 3.8) is 0 Å². The molecule has 88 valence electrons. The maximum atomic E-state index is 5.46. The van der Waals surface area contributed by atoms with E-state index < -0.39 is 0 Å². The fraction of sp³-hybridized carbons (Fsp3) is 0.636. The van der Waals surface area contributed by atoms with Crippen LogP contribution in [0.4, 0.5) is 0 Å². The van der Waals surface area contributed by atoms with Gasteiger partial charge < -0.3 is 14.8 Å². The van der Waals surface area contributed by atoms with E-state index >= 15 is 0 Å². The standard InChI is InChI=1S/C11H17N3O2/c1-3-16-11-5-4-9(13-14-11)10-7-15-6-8(2)12-10/h4-5,8,10,12H,3,6-7H2,1-2H3/t8-,10-/m0/s1. The number of hydrogen-bond donors (Lipinski definition) is 1. The third-order valence-electron chi connectivity index (χ3n) is 2.45. The Bertz CT molecular complexity index is 329. The molecule has 0 aromatic carbocycles. The van der Waals surface area contributed by atoms with Crippen LogP contribution in [0.3, 0.4) is 0 Å². The summed E-state index contributed by atoms with van der Waals surface area (Å²) in [5.74, 6) is 0.566. The molecule has 0 saturated carbocycles. The molecule has 0 unspecified atom stereocenters. The number of aromatic nitrogens is 2. The van der Waals surface area contributed by atoms with Crippen LogP contribution in [0.1, 0.15) is 25.6 Å². The molecule has 1 aliphatic heterocycles. The van der Waals surface area contributed by atoms with E-state index in [0.717, 1.165) is 12.3 Å². The highest BCUT2D eigenvalue weighted by molar-refractivity contribution is 5.14. The second-order valence-corrected chi connectivity index (χ2v) is 3.89. The molecule has 5 heteroatoms. The number of rotatable bonds is 3. The fourth-order valence-corrected chi connectivity index (χ4v) is 1.71. The van der Waals surface area contributed by atoms with E-state index in [9.17, 15) is 0 Å². The number of nitrogens with zero attached hydrogens (tertiary/aromatic N) is 2. The summed E-state index contributed by atoms with van der Waals surface area (Å²) in [6, 6.07) is 4.25. The van der Waals surface area contributed by atoms with Gasteiger partial charge in [0.25, 0.3) is 0 Å². The van der Waals surface area contributed by atoms with Crippen LogP contribution in [-0.2, 0) is 4.74 Å². The van der Waals surface area contributed by atoms with Gasteiger partial charge in [0.15, 0.2) is 0 Å². The van der Waals surface area contributed by atoms with Crippen molar-refractivity contribution in [1.29, 1.82) is 0 Å². The van der Waals surface area contributed by atoms with E-state index in [0.29, 0.717) is 25.1 Å². The number of hydrogen-bond acceptors (Lipinski definition) is 5. The zero-order valence-corrected chi connectivity index (χ0v) is 9.64. The Morgan fingerprint density at radius 3 is 2.94 bits per heavy atom. The van der Waals surface area contributed by atoms with Gasteiger partial charge in [0, 0.05) is 12.1 Å². The van der Waals surface area contributed by atoms with Gasteiger partial charge in [0.05, 0.1) is 31.6 Å². The van der Waals surface area contributed by atoms with Crippen LogP contribution in [0.2, 0.25) is 0 Å². The zero-order valence-electron chi connectivity index (χ0n) is 9.64. The lowest BCUT2D eigenvalue weighted by atomic mass is 10.1. The summed E-state index contributed by atoms with van der Waals surface area (Å²) in [4.78, 5) is 0. The maximum absolute atomic E-state index is 5.46. The molecule has 2 rings (SSSR count). The first-order valence-electron chi connectivity index (χ1n) is 5.60. The molecule has 2 atom stereocenters. The number of morpholine rings is 1. The molecule has 0 radical (unpaired) electrons. The van der Waals surface area contributed by atoms with Crippen molar-refractivity contribution in [2.75, 3.05) is 19.8 Å². The summed E-state index contributed by atoms with van der Waals surface area (Å²) in [6.45, 7) is 6.02. The molecular formula is C11H17N3O2. The van der Waals surface area contributed by atoms with Gasteiger partial charge in [-0.05, 0) is 19.9 Å². The summed E-state index contributed by atoms with van der Waals surface area (Å²) < 4.78 is 10.7. The molecular weight excluding hydrogens is 206 g/mol. The largest absolute Gasteiger partial charge is 0.477 e. The van der Waals surface area contributed by atoms with Crippen LogP contribution >= 0.6 is 0 Å². The third kappa shape index (κ3) is 2.68. The third-order valence-corrected chi connectivity index (χ3v) is 2.45. The lowest BCUT2D eigenvalue weighted by molar-refractivity contribution is 0.0488. The van der Waals surface area contributed by atoms with Gasteiger partial charge in [-0.2, -0.15) is 5.10 Å². The normalized spacial score (nSPS) is 25.4. The molecule has 2 heterocycles. The average molecular weight is 223 g/mol. The first kappa shape index (κ1) is 11.3. The molecule has 0 bridgehead atoms. The van der Waals surface area contributed by atoms with Gasteiger partial charge in [0.1, 0.15) is 0 Å². The second kappa shape index (κ2) is 5.23. The van der Waals surface area contributed by atoms with Crippen molar-refractivity contribution < 1.29 is 9.47 Å². The quantitative estimate of drug-likeness (QED) is 0.826. The summed E-state index contributed by atoms with van der Waals surface area (Å²) in [7, 11) is 0. The van der Waals surface area contributed by atoms with E-state index in [4.69, 9.17) is 9.47 Å². The van der Waals surface area contributed by atoms with Crippen molar-refractivity contribution in [1.82, 2.24) is 15.5 Å². The molecule has 1 aromatic heterocycles. The van der Waals surface area contributed by atoms with Gasteiger partial charge in [0.2, 0.25) is 5.88 Å². The Morgan fingerprint density at radius 1 is 1.44 bits per heavy atom. The fourth-order valence-electron chi connectivity index (χ4n) is 1.71. The van der Waals surface area contributed by atoms with Gasteiger partial charge in [-0.15, -0.1) is 5.10 Å².